The van der Waals surface area contributed by atoms with Crippen LogP contribution in [0.25, 0.3) is 22.0 Å². The Kier molecular flexibility index (Phi) is 3.66. The second kappa shape index (κ2) is 5.47. The van der Waals surface area contributed by atoms with Crippen molar-refractivity contribution in [1.29, 1.82) is 0 Å². The van der Waals surface area contributed by atoms with Crippen molar-refractivity contribution in [2.45, 2.75) is 6.92 Å². The molecule has 3 rings (SSSR count). The lowest BCUT2D eigenvalue weighted by atomic mass is 9.95. The molecule has 0 N–H and O–H groups in total. The molecule has 0 aliphatic rings. The fraction of sp³-hybridized carbons (Fsp3) is 0.0588. The molecule has 0 unspecified atom stereocenters. The molecule has 4 heteroatoms. The Hall–Kier alpha value is -1.90. The molecule has 0 saturated carbocycles. The van der Waals surface area contributed by atoms with E-state index in [-0.39, 0.29) is 10.9 Å². The Bertz CT molecular complexity index is 844. The Morgan fingerprint density at radius 1 is 1.05 bits per heavy atom. The van der Waals surface area contributed by atoms with Crippen LogP contribution in [0.3, 0.4) is 0 Å². The van der Waals surface area contributed by atoms with Crippen molar-refractivity contribution in [2.24, 2.45) is 0 Å². The molecule has 3 aromatic rings. The van der Waals surface area contributed by atoms with Crippen molar-refractivity contribution in [3.63, 3.8) is 0 Å². The van der Waals surface area contributed by atoms with Gasteiger partial charge in [-0.25, -0.2) is 4.98 Å². The summed E-state index contributed by atoms with van der Waals surface area (Å²) >= 11 is 12.3. The molecule has 2 aromatic carbocycles. The molecule has 0 atom stereocenters. The minimum Gasteiger partial charge on any atom is -0.294 e. The highest BCUT2D eigenvalue weighted by Crippen LogP contribution is 2.36. The molecule has 1 aromatic heterocycles. The Morgan fingerprint density at radius 3 is 2.43 bits per heavy atom. The minimum absolute atomic E-state index is 0.108. The minimum atomic E-state index is -0.108. The summed E-state index contributed by atoms with van der Waals surface area (Å²) in [6.45, 7) is 1.50. The number of halogens is 2. The van der Waals surface area contributed by atoms with Crippen LogP contribution in [-0.2, 0) is 0 Å². The third kappa shape index (κ3) is 2.53. The SMILES string of the molecule is CC(=O)c1c(Cl)nc2cc(Cl)ccc2c1-c1ccccc1. The lowest BCUT2D eigenvalue weighted by Crippen LogP contribution is -2.01. The number of benzene rings is 2. The third-order valence-corrected chi connectivity index (χ3v) is 3.83. The van der Waals surface area contributed by atoms with Crippen LogP contribution in [0.2, 0.25) is 10.2 Å². The van der Waals surface area contributed by atoms with Gasteiger partial charge in [-0.05, 0) is 24.6 Å². The number of hydrogen-bond acceptors (Lipinski definition) is 2. The van der Waals surface area contributed by atoms with Crippen LogP contribution in [0.4, 0.5) is 0 Å². The van der Waals surface area contributed by atoms with Crippen molar-refractivity contribution in [2.75, 3.05) is 0 Å². The van der Waals surface area contributed by atoms with E-state index in [0.29, 0.717) is 16.1 Å². The monoisotopic (exact) mass is 315 g/mol. The molecule has 104 valence electrons. The van der Waals surface area contributed by atoms with Gasteiger partial charge < -0.3 is 0 Å². The highest BCUT2D eigenvalue weighted by Gasteiger charge is 2.18. The van der Waals surface area contributed by atoms with Gasteiger partial charge in [-0.1, -0.05) is 59.6 Å². The summed E-state index contributed by atoms with van der Waals surface area (Å²) in [5.41, 5.74) is 2.85. The average Bonchev–Trinajstić information content (AvgIpc) is 2.46. The van der Waals surface area contributed by atoms with Crippen LogP contribution < -0.4 is 0 Å². The van der Waals surface area contributed by atoms with Gasteiger partial charge in [0.05, 0.1) is 11.1 Å². The van der Waals surface area contributed by atoms with Crippen LogP contribution in [0.15, 0.2) is 48.5 Å². The standard InChI is InChI=1S/C17H11Cl2NO/c1-10(21)15-16(11-5-3-2-4-6-11)13-8-7-12(18)9-14(13)20-17(15)19/h2-9H,1H3. The van der Waals surface area contributed by atoms with Crippen molar-refractivity contribution >= 4 is 39.9 Å². The molecule has 0 fully saturated rings. The first-order chi connectivity index (χ1) is 10.1. The van der Waals surface area contributed by atoms with Crippen LogP contribution in [-0.4, -0.2) is 10.8 Å². The highest BCUT2D eigenvalue weighted by molar-refractivity contribution is 6.35. The molecule has 0 spiro atoms. The molecular weight excluding hydrogens is 305 g/mol. The predicted octanol–water partition coefficient (Wildman–Crippen LogP) is 5.41. The van der Waals surface area contributed by atoms with Crippen molar-refractivity contribution in [1.82, 2.24) is 4.98 Å². The zero-order chi connectivity index (χ0) is 15.0. The van der Waals surface area contributed by atoms with Gasteiger partial charge in [-0.2, -0.15) is 0 Å². The smallest absolute Gasteiger partial charge is 0.163 e. The summed E-state index contributed by atoms with van der Waals surface area (Å²) < 4.78 is 0. The molecular formula is C17H11Cl2NO. The van der Waals surface area contributed by atoms with Gasteiger partial charge in [0, 0.05) is 16.0 Å². The maximum atomic E-state index is 12.0. The summed E-state index contributed by atoms with van der Waals surface area (Å²) in [6.07, 6.45) is 0. The lowest BCUT2D eigenvalue weighted by Gasteiger charge is -2.13. The van der Waals surface area contributed by atoms with E-state index in [9.17, 15) is 4.79 Å². The highest BCUT2D eigenvalue weighted by atomic mass is 35.5. The van der Waals surface area contributed by atoms with Gasteiger partial charge >= 0.3 is 0 Å². The first kappa shape index (κ1) is 14.1. The summed E-state index contributed by atoms with van der Waals surface area (Å²) in [4.78, 5) is 16.3. The number of fused-ring (bicyclic) bond motifs is 1. The quantitative estimate of drug-likeness (QED) is 0.467. The van der Waals surface area contributed by atoms with E-state index in [1.165, 1.54) is 6.92 Å². The number of ketones is 1. The Morgan fingerprint density at radius 2 is 1.76 bits per heavy atom. The van der Waals surface area contributed by atoms with E-state index in [1.807, 2.05) is 36.4 Å². The first-order valence-electron chi connectivity index (χ1n) is 6.43. The number of carbonyl (C=O) groups excluding carboxylic acids is 1. The van der Waals surface area contributed by atoms with E-state index in [2.05, 4.69) is 4.98 Å². The molecule has 0 radical (unpaired) electrons. The van der Waals surface area contributed by atoms with Crippen LogP contribution in [0.5, 0.6) is 0 Å². The largest absolute Gasteiger partial charge is 0.294 e. The summed E-state index contributed by atoms with van der Waals surface area (Å²) in [5, 5.41) is 1.65. The average molecular weight is 316 g/mol. The van der Waals surface area contributed by atoms with Gasteiger partial charge in [0.1, 0.15) is 5.15 Å². The first-order valence-corrected chi connectivity index (χ1v) is 7.18. The van der Waals surface area contributed by atoms with E-state index >= 15 is 0 Å². The second-order valence-corrected chi connectivity index (χ2v) is 5.53. The maximum absolute atomic E-state index is 12.0. The van der Waals surface area contributed by atoms with Crippen molar-refractivity contribution < 1.29 is 4.79 Å². The van der Waals surface area contributed by atoms with E-state index < -0.39 is 0 Å². The van der Waals surface area contributed by atoms with Gasteiger partial charge in [-0.3, -0.25) is 4.79 Å². The molecule has 0 bridgehead atoms. The number of hydrogen-bond donors (Lipinski definition) is 0. The number of carbonyl (C=O) groups is 1. The lowest BCUT2D eigenvalue weighted by molar-refractivity contribution is 0.101. The number of Topliss-reactive ketones (excluding diaryl/α,β-unsaturated/α-hetero) is 1. The summed E-state index contributed by atoms with van der Waals surface area (Å²) in [6, 6.07) is 15.1. The molecule has 0 saturated heterocycles. The third-order valence-electron chi connectivity index (χ3n) is 3.32. The Labute approximate surface area is 132 Å². The second-order valence-electron chi connectivity index (χ2n) is 4.74. The number of rotatable bonds is 2. The maximum Gasteiger partial charge on any atom is 0.163 e. The number of aromatic nitrogens is 1. The Balaban J connectivity index is 2.48. The van der Waals surface area contributed by atoms with Gasteiger partial charge in [0.25, 0.3) is 0 Å². The van der Waals surface area contributed by atoms with Crippen LogP contribution >= 0.6 is 23.2 Å². The molecule has 1 heterocycles. The molecule has 0 aliphatic carbocycles. The van der Waals surface area contributed by atoms with Crippen LogP contribution in [0.1, 0.15) is 17.3 Å². The molecule has 0 aliphatic heterocycles. The molecule has 2 nitrogen and oxygen atoms in total. The summed E-state index contributed by atoms with van der Waals surface area (Å²) in [7, 11) is 0. The predicted molar refractivity (Wildman–Crippen MR) is 87.2 cm³/mol. The van der Waals surface area contributed by atoms with Crippen LogP contribution in [0, 0.1) is 0 Å². The van der Waals surface area contributed by atoms with Gasteiger partial charge in [0.15, 0.2) is 5.78 Å². The van der Waals surface area contributed by atoms with Gasteiger partial charge in [-0.15, -0.1) is 0 Å². The topological polar surface area (TPSA) is 30.0 Å². The normalized spacial score (nSPS) is 10.8. The summed E-state index contributed by atoms with van der Waals surface area (Å²) in [5.74, 6) is -0.108. The number of nitrogens with zero attached hydrogens (tertiary/aromatic N) is 1. The number of pyridine rings is 1. The van der Waals surface area contributed by atoms with E-state index in [1.54, 1.807) is 12.1 Å². The fourth-order valence-electron chi connectivity index (χ4n) is 2.43. The molecule has 21 heavy (non-hydrogen) atoms. The zero-order valence-corrected chi connectivity index (χ0v) is 12.7. The van der Waals surface area contributed by atoms with Crippen molar-refractivity contribution in [3.05, 3.63) is 64.3 Å². The van der Waals surface area contributed by atoms with E-state index in [0.717, 1.165) is 16.5 Å². The fourth-order valence-corrected chi connectivity index (χ4v) is 2.92. The van der Waals surface area contributed by atoms with Crippen molar-refractivity contribution in [3.8, 4) is 11.1 Å². The molecule has 0 amide bonds. The van der Waals surface area contributed by atoms with Gasteiger partial charge in [0.2, 0.25) is 0 Å². The van der Waals surface area contributed by atoms with E-state index in [4.69, 9.17) is 23.2 Å². The zero-order valence-electron chi connectivity index (χ0n) is 11.2.